The number of rotatable bonds is 5. The quantitative estimate of drug-likeness (QED) is 0.477. The Balaban J connectivity index is 3.77. The van der Waals surface area contributed by atoms with Crippen LogP contribution >= 0.6 is 0 Å². The maximum atomic E-state index is 10.2. The first-order valence-electron chi connectivity index (χ1n) is 3.80. The van der Waals surface area contributed by atoms with Crippen molar-refractivity contribution in [1.29, 1.82) is 0 Å². The van der Waals surface area contributed by atoms with Crippen LogP contribution in [0.2, 0.25) is 5.82 Å². The van der Waals surface area contributed by atoms with Crippen molar-refractivity contribution in [3.8, 4) is 0 Å². The molecule has 0 fully saturated rings. The molecule has 3 atom stereocenters. The number of hydrogen-bond acceptors (Lipinski definition) is 3. The van der Waals surface area contributed by atoms with E-state index in [-0.39, 0.29) is 24.4 Å². The molecule has 0 amide bonds. The topological polar surface area (TPSA) is 49.7 Å². The molecule has 62 valence electrons. The lowest BCUT2D eigenvalue weighted by Gasteiger charge is -2.16. The van der Waals surface area contributed by atoms with Crippen LogP contribution in [0, 0.1) is 10.8 Å². The van der Waals surface area contributed by atoms with Gasteiger partial charge in [-0.2, -0.15) is 4.91 Å². The Bertz CT molecular complexity index is 119. The van der Waals surface area contributed by atoms with E-state index in [0.29, 0.717) is 6.42 Å². The summed E-state index contributed by atoms with van der Waals surface area (Å²) in [6.45, 7) is 3.69. The Morgan fingerprint density at radius 2 is 2.09 bits per heavy atom. The first-order chi connectivity index (χ1) is 5.11. The monoisotopic (exact) mass is 155 g/mol. The van der Waals surface area contributed by atoms with E-state index in [1.807, 2.05) is 6.92 Å². The summed E-state index contributed by atoms with van der Waals surface area (Å²) in [5, 5.41) is 11.6. The minimum absolute atomic E-state index is 0.0821. The summed E-state index contributed by atoms with van der Waals surface area (Å²) in [5.41, 5.74) is 0. The summed E-state index contributed by atoms with van der Waals surface area (Å²) < 4.78 is 0. The Labute approximate surface area is 68.6 Å². The minimum Gasteiger partial charge on any atom is -0.396 e. The summed E-state index contributed by atoms with van der Waals surface area (Å²) in [7, 11) is 5.47. The van der Waals surface area contributed by atoms with Gasteiger partial charge in [-0.15, -0.1) is 0 Å². The molecule has 0 saturated carbocycles. The molecule has 0 spiro atoms. The third-order valence-electron chi connectivity index (χ3n) is 1.70. The van der Waals surface area contributed by atoms with Crippen LogP contribution in [0.1, 0.15) is 20.3 Å². The third kappa shape index (κ3) is 4.14. The molecule has 0 aromatic heterocycles. The number of aliphatic hydroxyl groups excluding tert-OH is 1. The standard InChI is InChI=1S/C7H14BNO2/c1-5(4-10)3-7(9-11)6(2)8/h5-7,10H,3-4H2,1-2H3/t5-,6-,7?/m1/s1. The largest absolute Gasteiger partial charge is 0.396 e. The molecule has 0 heterocycles. The lowest BCUT2D eigenvalue weighted by molar-refractivity contribution is 0.222. The lowest BCUT2D eigenvalue weighted by Crippen LogP contribution is -2.16. The van der Waals surface area contributed by atoms with Gasteiger partial charge in [-0.05, 0) is 12.3 Å². The number of hydrogen-bond donors (Lipinski definition) is 1. The molecule has 1 N–H and O–H groups in total. The molecule has 0 aliphatic carbocycles. The highest BCUT2D eigenvalue weighted by Gasteiger charge is 2.16. The van der Waals surface area contributed by atoms with Gasteiger partial charge < -0.3 is 5.11 Å². The molecular formula is C7H14BNO2. The fraction of sp³-hybridized carbons (Fsp3) is 1.00. The van der Waals surface area contributed by atoms with Crippen molar-refractivity contribution in [2.45, 2.75) is 32.1 Å². The summed E-state index contributed by atoms with van der Waals surface area (Å²) in [4.78, 5) is 10.2. The van der Waals surface area contributed by atoms with Crippen molar-refractivity contribution < 1.29 is 5.11 Å². The van der Waals surface area contributed by atoms with Gasteiger partial charge >= 0.3 is 0 Å². The van der Waals surface area contributed by atoms with Gasteiger partial charge in [-0.25, -0.2) is 0 Å². The predicted octanol–water partition coefficient (Wildman–Crippen LogP) is 1.12. The maximum Gasteiger partial charge on any atom is 0.0871 e. The molecule has 0 aromatic rings. The van der Waals surface area contributed by atoms with E-state index in [4.69, 9.17) is 13.0 Å². The first kappa shape index (κ1) is 10.6. The highest BCUT2D eigenvalue weighted by atomic mass is 16.3. The molecule has 0 saturated heterocycles. The average molecular weight is 155 g/mol. The summed E-state index contributed by atoms with van der Waals surface area (Å²) >= 11 is 0. The van der Waals surface area contributed by atoms with Gasteiger partial charge in [-0.3, -0.25) is 0 Å². The van der Waals surface area contributed by atoms with E-state index in [2.05, 4.69) is 5.18 Å². The highest BCUT2D eigenvalue weighted by Crippen LogP contribution is 2.17. The first-order valence-corrected chi connectivity index (χ1v) is 3.80. The zero-order chi connectivity index (χ0) is 8.85. The molecule has 3 nitrogen and oxygen atoms in total. The number of nitroso groups, excluding NO2 is 1. The molecular weight excluding hydrogens is 141 g/mol. The highest BCUT2D eigenvalue weighted by molar-refractivity contribution is 6.11. The molecule has 11 heavy (non-hydrogen) atoms. The zero-order valence-electron chi connectivity index (χ0n) is 7.03. The number of aliphatic hydroxyl groups is 1. The molecule has 0 rings (SSSR count). The van der Waals surface area contributed by atoms with E-state index < -0.39 is 0 Å². The van der Waals surface area contributed by atoms with Crippen molar-refractivity contribution in [3.63, 3.8) is 0 Å². The Kier molecular flexibility index (Phi) is 5.12. The molecule has 2 radical (unpaired) electrons. The van der Waals surface area contributed by atoms with Crippen LogP contribution in [0.5, 0.6) is 0 Å². The van der Waals surface area contributed by atoms with E-state index >= 15 is 0 Å². The van der Waals surface area contributed by atoms with Gasteiger partial charge in [-0.1, -0.05) is 24.8 Å². The lowest BCUT2D eigenvalue weighted by atomic mass is 9.80. The van der Waals surface area contributed by atoms with E-state index in [1.54, 1.807) is 6.92 Å². The molecule has 1 unspecified atom stereocenters. The van der Waals surface area contributed by atoms with Crippen LogP contribution in [-0.2, 0) is 0 Å². The van der Waals surface area contributed by atoms with Gasteiger partial charge in [0.15, 0.2) is 0 Å². The fourth-order valence-electron chi connectivity index (χ4n) is 0.840. The normalized spacial score (nSPS) is 18.8. The van der Waals surface area contributed by atoms with Crippen molar-refractivity contribution in [1.82, 2.24) is 0 Å². The summed E-state index contributed by atoms with van der Waals surface area (Å²) in [6, 6.07) is -0.364. The van der Waals surface area contributed by atoms with Gasteiger partial charge in [0.05, 0.1) is 13.9 Å². The fourth-order valence-corrected chi connectivity index (χ4v) is 0.840. The Morgan fingerprint density at radius 3 is 2.36 bits per heavy atom. The molecule has 0 bridgehead atoms. The van der Waals surface area contributed by atoms with Crippen molar-refractivity contribution >= 4 is 7.85 Å². The van der Waals surface area contributed by atoms with Crippen LogP contribution in [-0.4, -0.2) is 25.6 Å². The Morgan fingerprint density at radius 1 is 1.55 bits per heavy atom. The second-order valence-electron chi connectivity index (χ2n) is 3.06. The van der Waals surface area contributed by atoms with E-state index in [0.717, 1.165) is 0 Å². The molecule has 0 aliphatic rings. The van der Waals surface area contributed by atoms with Crippen molar-refractivity contribution in [3.05, 3.63) is 4.91 Å². The summed E-state index contributed by atoms with van der Waals surface area (Å²) in [6.07, 6.45) is 0.567. The van der Waals surface area contributed by atoms with Gasteiger partial charge in [0, 0.05) is 6.61 Å². The minimum atomic E-state index is -0.364. The maximum absolute atomic E-state index is 10.2. The predicted molar refractivity (Wildman–Crippen MR) is 45.6 cm³/mol. The van der Waals surface area contributed by atoms with Crippen LogP contribution in [0.15, 0.2) is 5.18 Å². The van der Waals surface area contributed by atoms with Gasteiger partial charge in [0.2, 0.25) is 0 Å². The zero-order valence-corrected chi connectivity index (χ0v) is 7.03. The average Bonchev–Trinajstić information content (AvgIpc) is 1.99. The van der Waals surface area contributed by atoms with Gasteiger partial charge in [0.1, 0.15) is 0 Å². The van der Waals surface area contributed by atoms with Crippen molar-refractivity contribution in [2.24, 2.45) is 11.1 Å². The van der Waals surface area contributed by atoms with Crippen LogP contribution in [0.3, 0.4) is 0 Å². The van der Waals surface area contributed by atoms with Crippen LogP contribution in [0.4, 0.5) is 0 Å². The molecule has 4 heteroatoms. The van der Waals surface area contributed by atoms with Crippen molar-refractivity contribution in [2.75, 3.05) is 6.61 Å². The smallest absolute Gasteiger partial charge is 0.0871 e. The molecule has 0 aromatic carbocycles. The third-order valence-corrected chi connectivity index (χ3v) is 1.70. The second kappa shape index (κ2) is 5.30. The number of nitrogens with zero attached hydrogens (tertiary/aromatic N) is 1. The molecule has 0 aliphatic heterocycles. The summed E-state index contributed by atoms with van der Waals surface area (Å²) in [5.74, 6) is -0.120. The van der Waals surface area contributed by atoms with Crippen LogP contribution in [0.25, 0.3) is 0 Å². The Hall–Kier alpha value is -0.375. The van der Waals surface area contributed by atoms with E-state index in [9.17, 15) is 4.91 Å². The van der Waals surface area contributed by atoms with Gasteiger partial charge in [0.25, 0.3) is 0 Å². The van der Waals surface area contributed by atoms with E-state index in [1.165, 1.54) is 0 Å². The van der Waals surface area contributed by atoms with Crippen LogP contribution < -0.4 is 0 Å². The SMILES string of the molecule is [B][C@H](C)C(C[C@@H](C)CO)N=O. The second-order valence-corrected chi connectivity index (χ2v) is 3.06.